The van der Waals surface area contributed by atoms with Gasteiger partial charge in [0.1, 0.15) is 11.5 Å². The van der Waals surface area contributed by atoms with E-state index in [-0.39, 0.29) is 15.9 Å². The second-order valence-electron chi connectivity index (χ2n) is 7.55. The molecular formula is C20H18Cl2N8. The minimum atomic E-state index is -0.104. The predicted molar refractivity (Wildman–Crippen MR) is 116 cm³/mol. The number of rotatable bonds is 4. The van der Waals surface area contributed by atoms with Gasteiger partial charge >= 0.3 is 0 Å². The third kappa shape index (κ3) is 4.55. The summed E-state index contributed by atoms with van der Waals surface area (Å²) in [6.07, 6.45) is 3.35. The summed E-state index contributed by atoms with van der Waals surface area (Å²) in [6.45, 7) is 6.24. The van der Waals surface area contributed by atoms with Crippen LogP contribution in [0, 0.1) is 0 Å². The van der Waals surface area contributed by atoms with E-state index in [0.717, 1.165) is 17.2 Å². The van der Waals surface area contributed by atoms with Crippen molar-refractivity contribution in [2.24, 2.45) is 0 Å². The molecule has 1 aromatic carbocycles. The first-order chi connectivity index (χ1) is 14.3. The molecule has 0 aliphatic carbocycles. The molecule has 30 heavy (non-hydrogen) atoms. The lowest BCUT2D eigenvalue weighted by Gasteiger charge is -2.12. The molecule has 0 fully saturated rings. The summed E-state index contributed by atoms with van der Waals surface area (Å²) in [5.41, 5.74) is 2.72. The molecule has 3 heterocycles. The fourth-order valence-corrected chi connectivity index (χ4v) is 3.05. The molecule has 0 amide bonds. The maximum absolute atomic E-state index is 5.96. The summed E-state index contributed by atoms with van der Waals surface area (Å²) in [5.74, 6) is 1.21. The topological polar surface area (TPSA) is 94.3 Å². The average Bonchev–Trinajstić information content (AvgIpc) is 3.19. The van der Waals surface area contributed by atoms with Crippen molar-refractivity contribution in [2.45, 2.75) is 26.2 Å². The SMILES string of the molecule is CC(C)(C)c1ncn(-c2ccc(Nc3nccc(-c4cc(Cl)nc(Cl)n4)n3)cc2)n1. The molecule has 4 aromatic rings. The van der Waals surface area contributed by atoms with Crippen molar-refractivity contribution in [1.29, 1.82) is 0 Å². The molecular weight excluding hydrogens is 423 g/mol. The number of hydrogen-bond acceptors (Lipinski definition) is 7. The molecule has 0 aliphatic rings. The second kappa shape index (κ2) is 7.97. The van der Waals surface area contributed by atoms with Crippen LogP contribution in [0.5, 0.6) is 0 Å². The molecule has 0 aliphatic heterocycles. The van der Waals surface area contributed by atoms with E-state index in [1.54, 1.807) is 29.3 Å². The largest absolute Gasteiger partial charge is 0.324 e. The molecule has 10 heteroatoms. The minimum absolute atomic E-state index is 0.0592. The zero-order chi connectivity index (χ0) is 21.3. The predicted octanol–water partition coefficient (Wildman–Crippen LogP) is 4.86. The standard InChI is InChI=1S/C20H18Cl2N8/c1-20(2,3)17-24-11-30(29-17)13-6-4-12(5-7-13)25-19-23-9-8-14(27-19)15-10-16(21)28-18(22)26-15/h4-11H,1-3H3,(H,23,25,27). The Morgan fingerprint density at radius 3 is 2.33 bits per heavy atom. The van der Waals surface area contributed by atoms with Gasteiger partial charge in [-0.25, -0.2) is 29.6 Å². The van der Waals surface area contributed by atoms with E-state index in [1.807, 2.05) is 24.3 Å². The Hall–Kier alpha value is -3.10. The lowest BCUT2D eigenvalue weighted by atomic mass is 9.96. The summed E-state index contributed by atoms with van der Waals surface area (Å²) in [7, 11) is 0. The number of anilines is 2. The van der Waals surface area contributed by atoms with Crippen molar-refractivity contribution in [3.8, 4) is 17.1 Å². The van der Waals surface area contributed by atoms with Crippen molar-refractivity contribution >= 4 is 34.8 Å². The molecule has 0 atom stereocenters. The number of nitrogens with zero attached hydrogens (tertiary/aromatic N) is 7. The Morgan fingerprint density at radius 2 is 1.67 bits per heavy atom. The molecule has 0 spiro atoms. The lowest BCUT2D eigenvalue weighted by Crippen LogP contribution is -2.14. The summed E-state index contributed by atoms with van der Waals surface area (Å²) in [4.78, 5) is 21.1. The van der Waals surface area contributed by atoms with Crippen molar-refractivity contribution < 1.29 is 0 Å². The van der Waals surface area contributed by atoms with Crippen molar-refractivity contribution in [1.82, 2.24) is 34.7 Å². The summed E-state index contributed by atoms with van der Waals surface area (Å²) in [5, 5.41) is 8.03. The van der Waals surface area contributed by atoms with Crippen LogP contribution in [0.3, 0.4) is 0 Å². The maximum atomic E-state index is 5.96. The lowest BCUT2D eigenvalue weighted by molar-refractivity contribution is 0.543. The Balaban J connectivity index is 1.53. The third-order valence-corrected chi connectivity index (χ3v) is 4.50. The Morgan fingerprint density at radius 1 is 0.900 bits per heavy atom. The van der Waals surface area contributed by atoms with Gasteiger partial charge in [0, 0.05) is 23.4 Å². The van der Waals surface area contributed by atoms with E-state index in [0.29, 0.717) is 17.3 Å². The number of halogens is 2. The molecule has 0 bridgehead atoms. The van der Waals surface area contributed by atoms with E-state index in [2.05, 4.69) is 56.1 Å². The zero-order valence-corrected chi connectivity index (χ0v) is 18.0. The Labute approximate surface area is 183 Å². The van der Waals surface area contributed by atoms with Crippen LogP contribution in [0.1, 0.15) is 26.6 Å². The molecule has 4 rings (SSSR count). The fourth-order valence-electron chi connectivity index (χ4n) is 2.64. The molecule has 0 radical (unpaired) electrons. The van der Waals surface area contributed by atoms with Crippen LogP contribution >= 0.6 is 23.2 Å². The number of benzene rings is 1. The molecule has 3 aromatic heterocycles. The number of hydrogen-bond donors (Lipinski definition) is 1. The van der Waals surface area contributed by atoms with Crippen molar-refractivity contribution in [3.05, 3.63) is 65.2 Å². The third-order valence-electron chi connectivity index (χ3n) is 4.14. The summed E-state index contributed by atoms with van der Waals surface area (Å²) in [6, 6.07) is 11.0. The van der Waals surface area contributed by atoms with E-state index in [4.69, 9.17) is 23.2 Å². The molecule has 152 valence electrons. The van der Waals surface area contributed by atoms with Crippen molar-refractivity contribution in [3.63, 3.8) is 0 Å². The smallest absolute Gasteiger partial charge is 0.227 e. The molecule has 0 unspecified atom stereocenters. The van der Waals surface area contributed by atoms with Gasteiger partial charge in [-0.15, -0.1) is 0 Å². The van der Waals surface area contributed by atoms with Gasteiger partial charge in [-0.2, -0.15) is 5.10 Å². The van der Waals surface area contributed by atoms with E-state index >= 15 is 0 Å². The highest BCUT2D eigenvalue weighted by Gasteiger charge is 2.19. The van der Waals surface area contributed by atoms with Gasteiger partial charge in [0.05, 0.1) is 17.1 Å². The van der Waals surface area contributed by atoms with Crippen molar-refractivity contribution in [2.75, 3.05) is 5.32 Å². The van der Waals surface area contributed by atoms with E-state index in [1.165, 1.54) is 0 Å². The molecule has 0 saturated carbocycles. The Kier molecular flexibility index (Phi) is 5.36. The van der Waals surface area contributed by atoms with Gasteiger partial charge in [0.15, 0.2) is 5.82 Å². The van der Waals surface area contributed by atoms with Crippen LogP contribution in [-0.4, -0.2) is 34.7 Å². The normalized spacial score (nSPS) is 11.5. The number of nitrogens with one attached hydrogen (secondary N) is 1. The molecule has 1 N–H and O–H groups in total. The van der Waals surface area contributed by atoms with Gasteiger partial charge in [-0.1, -0.05) is 32.4 Å². The van der Waals surface area contributed by atoms with Crippen LogP contribution in [0.25, 0.3) is 17.1 Å². The second-order valence-corrected chi connectivity index (χ2v) is 8.27. The maximum Gasteiger partial charge on any atom is 0.227 e. The summed E-state index contributed by atoms with van der Waals surface area (Å²) >= 11 is 11.8. The quantitative estimate of drug-likeness (QED) is 0.357. The minimum Gasteiger partial charge on any atom is -0.324 e. The Bertz CT molecular complexity index is 1160. The van der Waals surface area contributed by atoms with E-state index < -0.39 is 0 Å². The van der Waals surface area contributed by atoms with Crippen LogP contribution in [0.4, 0.5) is 11.6 Å². The van der Waals surface area contributed by atoms with Crippen LogP contribution in [-0.2, 0) is 5.41 Å². The first-order valence-electron chi connectivity index (χ1n) is 9.11. The van der Waals surface area contributed by atoms with Crippen LogP contribution in [0.15, 0.2) is 48.9 Å². The average molecular weight is 441 g/mol. The first kappa shape index (κ1) is 20.2. The molecule has 0 saturated heterocycles. The first-order valence-corrected chi connectivity index (χ1v) is 9.87. The van der Waals surface area contributed by atoms with E-state index in [9.17, 15) is 0 Å². The van der Waals surface area contributed by atoms with Gasteiger partial charge in [-0.3, -0.25) is 0 Å². The number of aromatic nitrogens is 7. The van der Waals surface area contributed by atoms with Gasteiger partial charge in [0.25, 0.3) is 0 Å². The van der Waals surface area contributed by atoms with Gasteiger partial charge < -0.3 is 5.32 Å². The highest BCUT2D eigenvalue weighted by atomic mass is 35.5. The van der Waals surface area contributed by atoms with Gasteiger partial charge in [0.2, 0.25) is 11.2 Å². The summed E-state index contributed by atoms with van der Waals surface area (Å²) < 4.78 is 1.75. The van der Waals surface area contributed by atoms with Crippen LogP contribution < -0.4 is 5.32 Å². The fraction of sp³-hybridized carbons (Fsp3) is 0.200. The van der Waals surface area contributed by atoms with Crippen LogP contribution in [0.2, 0.25) is 10.4 Å². The monoisotopic (exact) mass is 440 g/mol. The van der Waals surface area contributed by atoms with Gasteiger partial charge in [-0.05, 0) is 41.9 Å². The zero-order valence-electron chi connectivity index (χ0n) is 16.5. The highest BCUT2D eigenvalue weighted by Crippen LogP contribution is 2.23. The highest BCUT2D eigenvalue weighted by molar-refractivity contribution is 6.32. The molecule has 8 nitrogen and oxygen atoms in total.